The van der Waals surface area contributed by atoms with E-state index in [1.54, 1.807) is 0 Å². The van der Waals surface area contributed by atoms with Gasteiger partial charge in [0.15, 0.2) is 0 Å². The van der Waals surface area contributed by atoms with E-state index >= 15 is 0 Å². The van der Waals surface area contributed by atoms with Crippen molar-refractivity contribution in [1.82, 2.24) is 0 Å². The maximum Gasteiger partial charge on any atom is 0.150 e. The predicted molar refractivity (Wildman–Crippen MR) is 60.9 cm³/mol. The van der Waals surface area contributed by atoms with Crippen molar-refractivity contribution in [2.75, 3.05) is 5.88 Å². The third-order valence-electron chi connectivity index (χ3n) is 1.84. The second kappa shape index (κ2) is 5.61. The third-order valence-corrected chi connectivity index (χ3v) is 2.06. The molecule has 0 aliphatic heterocycles. The van der Waals surface area contributed by atoms with Gasteiger partial charge in [-0.25, -0.2) is 0 Å². The van der Waals surface area contributed by atoms with Gasteiger partial charge >= 0.3 is 0 Å². The van der Waals surface area contributed by atoms with E-state index in [2.05, 4.69) is 0 Å². The van der Waals surface area contributed by atoms with Crippen molar-refractivity contribution in [2.45, 2.75) is 13.3 Å². The molecule has 0 aliphatic carbocycles. The summed E-state index contributed by atoms with van der Waals surface area (Å²) in [6.45, 7) is 1.98. The van der Waals surface area contributed by atoms with E-state index in [9.17, 15) is 4.79 Å². The van der Waals surface area contributed by atoms with Gasteiger partial charge in [0, 0.05) is 11.4 Å². The number of halogens is 1. The summed E-state index contributed by atoms with van der Waals surface area (Å²) >= 11 is 5.55. The first kappa shape index (κ1) is 11.0. The summed E-state index contributed by atoms with van der Waals surface area (Å²) in [5.41, 5.74) is 2.87. The number of hydrogen-bond acceptors (Lipinski definition) is 1. The van der Waals surface area contributed by atoms with E-state index in [0.717, 1.165) is 29.4 Å². The Morgan fingerprint density at radius 3 is 2.64 bits per heavy atom. The molecule has 0 atom stereocenters. The Morgan fingerprint density at radius 1 is 1.29 bits per heavy atom. The molecule has 0 heterocycles. The number of hydrogen-bond donors (Lipinski definition) is 0. The van der Waals surface area contributed by atoms with Crippen LogP contribution >= 0.6 is 11.6 Å². The summed E-state index contributed by atoms with van der Waals surface area (Å²) in [6, 6.07) is 5.77. The van der Waals surface area contributed by atoms with E-state index in [1.807, 2.05) is 37.3 Å². The van der Waals surface area contributed by atoms with Crippen molar-refractivity contribution < 1.29 is 4.79 Å². The second-order valence-electron chi connectivity index (χ2n) is 3.17. The van der Waals surface area contributed by atoms with E-state index < -0.39 is 0 Å². The number of carbonyl (C=O) groups is 1. The van der Waals surface area contributed by atoms with Gasteiger partial charge in [0.05, 0.1) is 0 Å². The van der Waals surface area contributed by atoms with Gasteiger partial charge in [-0.15, -0.1) is 11.6 Å². The zero-order valence-electron chi connectivity index (χ0n) is 8.16. The lowest BCUT2D eigenvalue weighted by atomic mass is 10.1. The summed E-state index contributed by atoms with van der Waals surface area (Å²) in [5.74, 6) is 0.628. The Balaban J connectivity index is 2.86. The first-order chi connectivity index (χ1) is 6.76. The third kappa shape index (κ3) is 3.35. The van der Waals surface area contributed by atoms with Crippen LogP contribution in [0.5, 0.6) is 0 Å². The molecule has 1 aromatic rings. The molecule has 0 saturated carbocycles. The molecule has 0 radical (unpaired) electrons. The van der Waals surface area contributed by atoms with Crippen LogP contribution in [0, 0.1) is 6.92 Å². The largest absolute Gasteiger partial charge is 0.298 e. The molecular weight excluding hydrogens is 196 g/mol. The van der Waals surface area contributed by atoms with Gasteiger partial charge in [-0.05, 0) is 36.6 Å². The molecule has 0 spiro atoms. The van der Waals surface area contributed by atoms with Crippen molar-refractivity contribution in [3.05, 3.63) is 41.0 Å². The van der Waals surface area contributed by atoms with Gasteiger partial charge in [-0.2, -0.15) is 0 Å². The summed E-state index contributed by atoms with van der Waals surface area (Å²) in [7, 11) is 0. The average molecular weight is 209 g/mol. The number of aryl methyl sites for hydroxylation is 1. The Kier molecular flexibility index (Phi) is 4.41. The first-order valence-corrected chi connectivity index (χ1v) is 5.09. The molecule has 0 bridgehead atoms. The molecule has 2 heteroatoms. The Morgan fingerprint density at radius 2 is 2.00 bits per heavy atom. The molecule has 0 N–H and O–H groups in total. The highest BCUT2D eigenvalue weighted by molar-refractivity contribution is 6.17. The normalized spacial score (nSPS) is 10.7. The highest BCUT2D eigenvalue weighted by atomic mass is 35.5. The highest BCUT2D eigenvalue weighted by Gasteiger charge is 1.94. The van der Waals surface area contributed by atoms with Crippen molar-refractivity contribution in [3.63, 3.8) is 0 Å². The van der Waals surface area contributed by atoms with Crippen LogP contribution in [0.15, 0.2) is 24.3 Å². The SMILES string of the molecule is Cc1cc(C=O)cc(C=CCCCl)c1. The molecule has 0 unspecified atom stereocenters. The standard InChI is InChI=1S/C12H13ClO/c1-10-6-11(4-2-3-5-13)8-12(7-10)9-14/h2,4,6-9H,3,5H2,1H3. The quantitative estimate of drug-likeness (QED) is 0.547. The number of alkyl halides is 1. The van der Waals surface area contributed by atoms with Crippen molar-refractivity contribution in [1.29, 1.82) is 0 Å². The summed E-state index contributed by atoms with van der Waals surface area (Å²) in [4.78, 5) is 10.6. The smallest absolute Gasteiger partial charge is 0.150 e. The molecule has 74 valence electrons. The molecule has 1 rings (SSSR count). The van der Waals surface area contributed by atoms with E-state index in [1.165, 1.54) is 0 Å². The molecule has 14 heavy (non-hydrogen) atoms. The fraction of sp³-hybridized carbons (Fsp3) is 0.250. The lowest BCUT2D eigenvalue weighted by Crippen LogP contribution is -1.84. The van der Waals surface area contributed by atoms with Crippen LogP contribution < -0.4 is 0 Å². The van der Waals surface area contributed by atoms with E-state index in [-0.39, 0.29) is 0 Å². The van der Waals surface area contributed by atoms with Crippen molar-refractivity contribution in [3.8, 4) is 0 Å². The lowest BCUT2D eigenvalue weighted by molar-refractivity contribution is 0.112. The Bertz CT molecular complexity index is 342. The predicted octanol–water partition coefficient (Wildman–Crippen LogP) is 3.45. The van der Waals surface area contributed by atoms with Gasteiger partial charge in [0.1, 0.15) is 6.29 Å². The molecule has 1 nitrogen and oxygen atoms in total. The fourth-order valence-corrected chi connectivity index (χ4v) is 1.42. The minimum atomic E-state index is 0.628. The maximum atomic E-state index is 10.6. The van der Waals surface area contributed by atoms with Crippen LogP contribution in [0.1, 0.15) is 27.9 Å². The first-order valence-electron chi connectivity index (χ1n) is 4.55. The number of rotatable bonds is 4. The molecular formula is C12H13ClO. The molecule has 0 aromatic heterocycles. The summed E-state index contributed by atoms with van der Waals surface area (Å²) in [5, 5.41) is 0. The van der Waals surface area contributed by atoms with E-state index in [0.29, 0.717) is 5.88 Å². The fourth-order valence-electron chi connectivity index (χ4n) is 1.29. The van der Waals surface area contributed by atoms with Crippen LogP contribution in [0.25, 0.3) is 6.08 Å². The average Bonchev–Trinajstić information content (AvgIpc) is 2.17. The molecule has 0 amide bonds. The van der Waals surface area contributed by atoms with Crippen LogP contribution in [-0.2, 0) is 0 Å². The number of benzene rings is 1. The van der Waals surface area contributed by atoms with Gasteiger partial charge in [0.25, 0.3) is 0 Å². The Hall–Kier alpha value is -1.08. The zero-order chi connectivity index (χ0) is 10.4. The van der Waals surface area contributed by atoms with Gasteiger partial charge < -0.3 is 0 Å². The number of allylic oxidation sites excluding steroid dienone is 1. The maximum absolute atomic E-state index is 10.6. The summed E-state index contributed by atoms with van der Waals surface area (Å²) < 4.78 is 0. The van der Waals surface area contributed by atoms with Crippen LogP contribution in [0.4, 0.5) is 0 Å². The zero-order valence-corrected chi connectivity index (χ0v) is 8.92. The second-order valence-corrected chi connectivity index (χ2v) is 3.55. The van der Waals surface area contributed by atoms with Crippen LogP contribution in [0.3, 0.4) is 0 Å². The monoisotopic (exact) mass is 208 g/mol. The van der Waals surface area contributed by atoms with Crippen LogP contribution in [-0.4, -0.2) is 12.2 Å². The van der Waals surface area contributed by atoms with Gasteiger partial charge in [-0.1, -0.05) is 18.2 Å². The Labute approximate surface area is 89.4 Å². The summed E-state index contributed by atoms with van der Waals surface area (Å²) in [6.07, 6.45) is 5.72. The number of aldehydes is 1. The molecule has 0 aliphatic rings. The minimum absolute atomic E-state index is 0.628. The van der Waals surface area contributed by atoms with E-state index in [4.69, 9.17) is 11.6 Å². The van der Waals surface area contributed by atoms with Crippen molar-refractivity contribution >= 4 is 24.0 Å². The highest BCUT2D eigenvalue weighted by Crippen LogP contribution is 2.10. The van der Waals surface area contributed by atoms with Gasteiger partial charge in [-0.3, -0.25) is 4.79 Å². The molecule has 0 saturated heterocycles. The van der Waals surface area contributed by atoms with Crippen LogP contribution in [0.2, 0.25) is 0 Å². The lowest BCUT2D eigenvalue weighted by Gasteiger charge is -1.98. The van der Waals surface area contributed by atoms with Gasteiger partial charge in [0.2, 0.25) is 0 Å². The number of carbonyl (C=O) groups excluding carboxylic acids is 1. The van der Waals surface area contributed by atoms with Crippen molar-refractivity contribution in [2.24, 2.45) is 0 Å². The topological polar surface area (TPSA) is 17.1 Å². The molecule has 1 aromatic carbocycles. The molecule has 0 fully saturated rings. The minimum Gasteiger partial charge on any atom is -0.298 e.